The first-order chi connectivity index (χ1) is 7.25. The molecule has 0 aromatic carbocycles. The lowest BCUT2D eigenvalue weighted by molar-refractivity contribution is 0.360. The minimum atomic E-state index is 0.871. The highest BCUT2D eigenvalue weighted by Crippen LogP contribution is 2.09. The molecule has 1 saturated heterocycles. The molecule has 1 aliphatic rings. The molecular weight excluding hydrogens is 188 g/mol. The predicted octanol–water partition coefficient (Wildman–Crippen LogP) is 0.927. The van der Waals surface area contributed by atoms with Gasteiger partial charge in [-0.2, -0.15) is 0 Å². The van der Waals surface area contributed by atoms with E-state index in [1.54, 1.807) is 0 Å². The number of hydrogen-bond donors (Lipinski definition) is 0. The third kappa shape index (κ3) is 2.65. The number of rotatable bonds is 1. The molecule has 15 heavy (non-hydrogen) atoms. The Hall–Kier alpha value is -1.16. The molecule has 1 aromatic heterocycles. The van der Waals surface area contributed by atoms with Gasteiger partial charge in [0.2, 0.25) is 5.95 Å². The summed E-state index contributed by atoms with van der Waals surface area (Å²) in [7, 11) is 2.17. The lowest BCUT2D eigenvalue weighted by Gasteiger charge is -2.20. The standard InChI is InChI=1S/C11H18N4/c1-10-8-12-11(13-9-10)15-5-3-4-14(2)6-7-15/h8-9H,3-7H2,1-2H3. The molecule has 1 aromatic rings. The van der Waals surface area contributed by atoms with Crippen molar-refractivity contribution in [3.63, 3.8) is 0 Å². The molecule has 4 nitrogen and oxygen atoms in total. The van der Waals surface area contributed by atoms with E-state index in [4.69, 9.17) is 0 Å². The van der Waals surface area contributed by atoms with Gasteiger partial charge < -0.3 is 9.80 Å². The van der Waals surface area contributed by atoms with Gasteiger partial charge in [-0.3, -0.25) is 0 Å². The van der Waals surface area contributed by atoms with Crippen LogP contribution in [0.15, 0.2) is 12.4 Å². The summed E-state index contributed by atoms with van der Waals surface area (Å²) < 4.78 is 0. The largest absolute Gasteiger partial charge is 0.339 e. The third-order valence-corrected chi connectivity index (χ3v) is 2.77. The van der Waals surface area contributed by atoms with Gasteiger partial charge in [-0.1, -0.05) is 0 Å². The van der Waals surface area contributed by atoms with Crippen molar-refractivity contribution in [1.29, 1.82) is 0 Å². The quantitative estimate of drug-likeness (QED) is 0.684. The Balaban J connectivity index is 2.06. The maximum atomic E-state index is 4.36. The van der Waals surface area contributed by atoms with E-state index < -0.39 is 0 Å². The predicted molar refractivity (Wildman–Crippen MR) is 61.1 cm³/mol. The van der Waals surface area contributed by atoms with E-state index in [0.717, 1.165) is 31.1 Å². The van der Waals surface area contributed by atoms with Crippen LogP contribution in [0, 0.1) is 6.92 Å². The van der Waals surface area contributed by atoms with E-state index >= 15 is 0 Å². The van der Waals surface area contributed by atoms with Crippen LogP contribution in [0.1, 0.15) is 12.0 Å². The molecule has 0 unspecified atom stereocenters. The molecule has 0 bridgehead atoms. The van der Waals surface area contributed by atoms with Gasteiger partial charge in [0.1, 0.15) is 0 Å². The zero-order chi connectivity index (χ0) is 10.7. The van der Waals surface area contributed by atoms with Crippen LogP contribution < -0.4 is 4.90 Å². The monoisotopic (exact) mass is 206 g/mol. The number of likely N-dealkylation sites (N-methyl/N-ethyl adjacent to an activating group) is 1. The van der Waals surface area contributed by atoms with Gasteiger partial charge in [0.25, 0.3) is 0 Å². The smallest absolute Gasteiger partial charge is 0.225 e. The molecule has 0 spiro atoms. The van der Waals surface area contributed by atoms with E-state index in [9.17, 15) is 0 Å². The maximum Gasteiger partial charge on any atom is 0.225 e. The SMILES string of the molecule is Cc1cnc(N2CCCN(C)CC2)nc1. The van der Waals surface area contributed by atoms with E-state index in [2.05, 4.69) is 26.8 Å². The molecule has 0 amide bonds. The Morgan fingerprint density at radius 2 is 1.80 bits per heavy atom. The van der Waals surface area contributed by atoms with Gasteiger partial charge in [-0.25, -0.2) is 9.97 Å². The van der Waals surface area contributed by atoms with E-state index in [-0.39, 0.29) is 0 Å². The molecule has 0 N–H and O–H groups in total. The van der Waals surface area contributed by atoms with Crippen molar-refractivity contribution in [2.24, 2.45) is 0 Å². The molecule has 0 saturated carbocycles. The normalized spacial score (nSPS) is 18.9. The summed E-state index contributed by atoms with van der Waals surface area (Å²) in [5.41, 5.74) is 1.12. The summed E-state index contributed by atoms with van der Waals surface area (Å²) >= 11 is 0. The second kappa shape index (κ2) is 4.57. The number of aromatic nitrogens is 2. The van der Waals surface area contributed by atoms with Crippen LogP contribution in [0.3, 0.4) is 0 Å². The lowest BCUT2D eigenvalue weighted by Crippen LogP contribution is -2.30. The summed E-state index contributed by atoms with van der Waals surface area (Å²) in [5, 5.41) is 0. The van der Waals surface area contributed by atoms with Crippen molar-refractivity contribution in [2.75, 3.05) is 38.1 Å². The summed E-state index contributed by atoms with van der Waals surface area (Å²) in [6, 6.07) is 0. The van der Waals surface area contributed by atoms with Gasteiger partial charge >= 0.3 is 0 Å². The Kier molecular flexibility index (Phi) is 3.16. The summed E-state index contributed by atoms with van der Waals surface area (Å²) in [6.45, 7) is 6.37. The molecule has 1 aliphatic heterocycles. The molecular formula is C11H18N4. The van der Waals surface area contributed by atoms with Crippen molar-refractivity contribution >= 4 is 5.95 Å². The topological polar surface area (TPSA) is 32.3 Å². The second-order valence-electron chi connectivity index (χ2n) is 4.20. The van der Waals surface area contributed by atoms with Crippen LogP contribution in [0.2, 0.25) is 0 Å². The number of nitrogens with zero attached hydrogens (tertiary/aromatic N) is 4. The first-order valence-electron chi connectivity index (χ1n) is 5.48. The zero-order valence-electron chi connectivity index (χ0n) is 9.48. The van der Waals surface area contributed by atoms with Gasteiger partial charge in [0.05, 0.1) is 0 Å². The van der Waals surface area contributed by atoms with Crippen LogP contribution in [0.5, 0.6) is 0 Å². The molecule has 1 fully saturated rings. The molecule has 82 valence electrons. The van der Waals surface area contributed by atoms with Crippen molar-refractivity contribution in [1.82, 2.24) is 14.9 Å². The third-order valence-electron chi connectivity index (χ3n) is 2.77. The summed E-state index contributed by atoms with van der Waals surface area (Å²) in [5.74, 6) is 0.871. The van der Waals surface area contributed by atoms with Crippen molar-refractivity contribution in [3.8, 4) is 0 Å². The van der Waals surface area contributed by atoms with Gasteiger partial charge in [-0.15, -0.1) is 0 Å². The summed E-state index contributed by atoms with van der Waals surface area (Å²) in [6.07, 6.45) is 4.96. The van der Waals surface area contributed by atoms with E-state index in [1.165, 1.54) is 13.0 Å². The van der Waals surface area contributed by atoms with E-state index in [0.29, 0.717) is 0 Å². The fourth-order valence-electron chi connectivity index (χ4n) is 1.80. The lowest BCUT2D eigenvalue weighted by atomic mass is 10.4. The second-order valence-corrected chi connectivity index (χ2v) is 4.20. The van der Waals surface area contributed by atoms with Crippen LogP contribution >= 0.6 is 0 Å². The fourth-order valence-corrected chi connectivity index (χ4v) is 1.80. The van der Waals surface area contributed by atoms with Crippen molar-refractivity contribution < 1.29 is 0 Å². The molecule has 0 radical (unpaired) electrons. The van der Waals surface area contributed by atoms with Crippen LogP contribution in [-0.4, -0.2) is 48.1 Å². The molecule has 0 atom stereocenters. The van der Waals surface area contributed by atoms with Crippen LogP contribution in [-0.2, 0) is 0 Å². The maximum absolute atomic E-state index is 4.36. The molecule has 2 rings (SSSR count). The molecule has 4 heteroatoms. The average Bonchev–Trinajstić information content (AvgIpc) is 2.44. The Morgan fingerprint density at radius 1 is 1.07 bits per heavy atom. The average molecular weight is 206 g/mol. The van der Waals surface area contributed by atoms with E-state index in [1.807, 2.05) is 19.3 Å². The highest BCUT2D eigenvalue weighted by Gasteiger charge is 2.13. The number of aryl methyl sites for hydroxylation is 1. The van der Waals surface area contributed by atoms with Gasteiger partial charge in [-0.05, 0) is 32.5 Å². The summed E-state index contributed by atoms with van der Waals surface area (Å²) in [4.78, 5) is 13.4. The fraction of sp³-hybridized carbons (Fsp3) is 0.636. The van der Waals surface area contributed by atoms with Crippen LogP contribution in [0.4, 0.5) is 5.95 Å². The Bertz CT molecular complexity index is 309. The Morgan fingerprint density at radius 3 is 2.53 bits per heavy atom. The highest BCUT2D eigenvalue weighted by molar-refractivity contribution is 5.29. The van der Waals surface area contributed by atoms with Crippen molar-refractivity contribution in [3.05, 3.63) is 18.0 Å². The van der Waals surface area contributed by atoms with Crippen molar-refractivity contribution in [2.45, 2.75) is 13.3 Å². The number of hydrogen-bond acceptors (Lipinski definition) is 4. The minimum absolute atomic E-state index is 0.871. The molecule has 0 aliphatic carbocycles. The van der Waals surface area contributed by atoms with Gasteiger partial charge in [0, 0.05) is 32.0 Å². The first-order valence-corrected chi connectivity index (χ1v) is 5.48. The zero-order valence-corrected chi connectivity index (χ0v) is 9.48. The molecule has 2 heterocycles. The minimum Gasteiger partial charge on any atom is -0.339 e. The van der Waals surface area contributed by atoms with Crippen LogP contribution in [0.25, 0.3) is 0 Å². The first kappa shape index (κ1) is 10.4. The number of anilines is 1. The van der Waals surface area contributed by atoms with Gasteiger partial charge in [0.15, 0.2) is 0 Å². The highest BCUT2D eigenvalue weighted by atomic mass is 15.3. The Labute approximate surface area is 90.9 Å².